The molecule has 3 atom stereocenters. The van der Waals surface area contributed by atoms with E-state index in [2.05, 4.69) is 15.3 Å². The van der Waals surface area contributed by atoms with Crippen LogP contribution >= 0.6 is 11.6 Å². The number of amides is 1. The second kappa shape index (κ2) is 10.9. The molecule has 2 aliphatic rings. The van der Waals surface area contributed by atoms with Crippen molar-refractivity contribution in [2.24, 2.45) is 15.3 Å². The Kier molecular flexibility index (Phi) is 10.0. The molecule has 3 unspecified atom stereocenters. The Balaban J connectivity index is 0.00000256. The number of allylic oxidation sites excluding steroid dienone is 2. The third-order valence-electron chi connectivity index (χ3n) is 4.31. The predicted molar refractivity (Wildman–Crippen MR) is 103 cm³/mol. The van der Waals surface area contributed by atoms with Gasteiger partial charge >= 0.3 is 59.1 Å². The molecule has 0 N–H and O–H groups in total. The van der Waals surface area contributed by atoms with Crippen molar-refractivity contribution in [2.75, 3.05) is 0 Å². The van der Waals surface area contributed by atoms with Crippen LogP contribution in [0.5, 0.6) is 0 Å². The number of carbonyl (C=O) groups excluding carboxylic acids is 1. The SMILES string of the molecule is CC1=NN(C2C=CC=CC2(Cl)S(=O)(=O)[O-])C(=O)C1N=Nc1ccc(S(=O)(=O)[O-])cc1.[Na+].[Na+]. The monoisotopic (exact) mass is 518 g/mol. The van der Waals surface area contributed by atoms with Crippen LogP contribution in [0.2, 0.25) is 0 Å². The predicted octanol–water partition coefficient (Wildman–Crippen LogP) is -4.76. The molecule has 16 heteroatoms. The van der Waals surface area contributed by atoms with Gasteiger partial charge in [-0.3, -0.25) is 4.79 Å². The van der Waals surface area contributed by atoms with Gasteiger partial charge in [0, 0.05) is 0 Å². The van der Waals surface area contributed by atoms with Gasteiger partial charge in [0.05, 0.1) is 16.3 Å². The quantitative estimate of drug-likeness (QED) is 0.163. The van der Waals surface area contributed by atoms with Crippen LogP contribution in [0, 0.1) is 0 Å². The number of hydrazone groups is 1. The number of carbonyl (C=O) groups is 1. The van der Waals surface area contributed by atoms with Gasteiger partial charge in [-0.2, -0.15) is 15.3 Å². The average Bonchev–Trinajstić information content (AvgIpc) is 2.93. The molecule has 11 nitrogen and oxygen atoms in total. The maximum Gasteiger partial charge on any atom is 1.00 e. The molecule has 32 heavy (non-hydrogen) atoms. The van der Waals surface area contributed by atoms with E-state index in [1.54, 1.807) is 0 Å². The molecule has 0 aromatic heterocycles. The first-order valence-corrected chi connectivity index (χ1v) is 11.4. The van der Waals surface area contributed by atoms with Gasteiger partial charge in [0.25, 0.3) is 5.91 Å². The van der Waals surface area contributed by atoms with E-state index in [0.29, 0.717) is 0 Å². The molecular weight excluding hydrogens is 506 g/mol. The van der Waals surface area contributed by atoms with Crippen LogP contribution in [-0.2, 0) is 25.0 Å². The summed E-state index contributed by atoms with van der Waals surface area (Å²) in [6.07, 6.45) is 4.94. The molecule has 0 spiro atoms. The van der Waals surface area contributed by atoms with Gasteiger partial charge in [0.2, 0.25) is 0 Å². The Morgan fingerprint density at radius 1 is 1.09 bits per heavy atom. The van der Waals surface area contributed by atoms with Gasteiger partial charge in [0.15, 0.2) is 10.2 Å². The molecular formula is C16H13ClN4Na2O7S2. The zero-order valence-electron chi connectivity index (χ0n) is 17.1. The van der Waals surface area contributed by atoms with E-state index < -0.39 is 47.3 Å². The van der Waals surface area contributed by atoms with Crippen LogP contribution < -0.4 is 59.1 Å². The van der Waals surface area contributed by atoms with E-state index in [1.807, 2.05) is 0 Å². The van der Waals surface area contributed by atoms with Crippen LogP contribution in [0.3, 0.4) is 0 Å². The Labute approximate surface area is 233 Å². The fourth-order valence-electron chi connectivity index (χ4n) is 2.78. The summed E-state index contributed by atoms with van der Waals surface area (Å²) < 4.78 is 65.5. The summed E-state index contributed by atoms with van der Waals surface area (Å²) in [7, 11) is -9.67. The van der Waals surface area contributed by atoms with E-state index in [9.17, 15) is 30.7 Å². The smallest absolute Gasteiger partial charge is 0.746 e. The Bertz CT molecular complexity index is 1220. The van der Waals surface area contributed by atoms with Crippen molar-refractivity contribution >= 4 is 49.1 Å². The first kappa shape index (κ1) is 29.6. The average molecular weight is 519 g/mol. The van der Waals surface area contributed by atoms with Gasteiger partial charge in [-0.1, -0.05) is 29.8 Å². The van der Waals surface area contributed by atoms with Crippen molar-refractivity contribution < 1.29 is 89.9 Å². The molecule has 0 bridgehead atoms. The zero-order valence-corrected chi connectivity index (χ0v) is 23.5. The first-order valence-electron chi connectivity index (χ1n) is 8.20. The van der Waals surface area contributed by atoms with Gasteiger partial charge in [-0.25, -0.2) is 21.8 Å². The second-order valence-corrected chi connectivity index (χ2v) is 10.1. The number of azo groups is 1. The Morgan fingerprint density at radius 2 is 1.69 bits per heavy atom. The normalized spacial score (nSPS) is 25.4. The minimum Gasteiger partial charge on any atom is -0.746 e. The van der Waals surface area contributed by atoms with Gasteiger partial charge < -0.3 is 9.11 Å². The first-order chi connectivity index (χ1) is 13.8. The van der Waals surface area contributed by atoms with E-state index in [0.717, 1.165) is 23.2 Å². The minimum atomic E-state index is -5.06. The van der Waals surface area contributed by atoms with Gasteiger partial charge in [-0.05, 0) is 37.3 Å². The van der Waals surface area contributed by atoms with E-state index in [1.165, 1.54) is 37.3 Å². The maximum absolute atomic E-state index is 12.8. The summed E-state index contributed by atoms with van der Waals surface area (Å²) >= 11 is 6.05. The molecule has 1 aromatic carbocycles. The summed E-state index contributed by atoms with van der Waals surface area (Å²) in [5, 5.41) is 12.5. The Hall–Kier alpha value is -0.450. The second-order valence-electron chi connectivity index (χ2n) is 6.33. The summed E-state index contributed by atoms with van der Waals surface area (Å²) in [4.78, 5) is 12.3. The largest absolute Gasteiger partial charge is 1.00 e. The zero-order chi connectivity index (χ0) is 22.3. The maximum atomic E-state index is 12.8. The number of halogens is 1. The van der Waals surface area contributed by atoms with Crippen LogP contribution in [0.15, 0.2) is 68.8 Å². The summed E-state index contributed by atoms with van der Waals surface area (Å²) in [5.74, 6) is -0.756. The van der Waals surface area contributed by atoms with Gasteiger partial charge in [-0.15, -0.1) is 0 Å². The fraction of sp³-hybridized carbons (Fsp3) is 0.250. The molecule has 1 aliphatic heterocycles. The number of hydrogen-bond acceptors (Lipinski definition) is 10. The van der Waals surface area contributed by atoms with Crippen molar-refractivity contribution in [3.05, 3.63) is 48.6 Å². The number of benzene rings is 1. The summed E-state index contributed by atoms with van der Waals surface area (Å²) in [6, 6.07) is 1.93. The van der Waals surface area contributed by atoms with Crippen LogP contribution in [-0.4, -0.2) is 58.9 Å². The van der Waals surface area contributed by atoms with Gasteiger partial charge in [0.1, 0.15) is 26.3 Å². The van der Waals surface area contributed by atoms with Crippen LogP contribution in [0.25, 0.3) is 0 Å². The molecule has 1 heterocycles. The number of alkyl halides is 1. The number of hydrogen-bond donors (Lipinski definition) is 0. The molecule has 0 radical (unpaired) electrons. The van der Waals surface area contributed by atoms with Crippen molar-refractivity contribution in [2.45, 2.75) is 28.1 Å². The number of nitrogens with zero attached hydrogens (tertiary/aromatic N) is 4. The molecule has 1 aliphatic carbocycles. The standard InChI is InChI=1S/C16H15ClN4O7S2.2Na/c1-10-14(19-18-11-5-7-12(8-6-11)29(23,24)25)15(22)21(20-10)13-4-2-3-9-16(13,17)30(26,27)28;;/h2-9,13-14H,1H3,(H,23,24,25)(H,26,27,28);;/q;2*+1/p-2. The Morgan fingerprint density at radius 3 is 2.22 bits per heavy atom. The third-order valence-corrected chi connectivity index (χ3v) is 7.22. The molecule has 160 valence electrons. The molecule has 1 amide bonds. The third kappa shape index (κ3) is 5.96. The molecule has 0 fully saturated rings. The van der Waals surface area contributed by atoms with Crippen LogP contribution in [0.4, 0.5) is 5.69 Å². The molecule has 3 rings (SSSR count). The van der Waals surface area contributed by atoms with E-state index >= 15 is 0 Å². The van der Waals surface area contributed by atoms with Crippen molar-refractivity contribution in [3.63, 3.8) is 0 Å². The van der Waals surface area contributed by atoms with E-state index in [4.69, 9.17) is 11.6 Å². The van der Waals surface area contributed by atoms with Crippen LogP contribution in [0.1, 0.15) is 6.92 Å². The fourth-order valence-corrected chi connectivity index (χ4v) is 4.21. The summed E-state index contributed by atoms with van der Waals surface area (Å²) in [6.45, 7) is 1.46. The van der Waals surface area contributed by atoms with E-state index in [-0.39, 0.29) is 70.5 Å². The van der Waals surface area contributed by atoms with Crippen molar-refractivity contribution in [3.8, 4) is 0 Å². The van der Waals surface area contributed by atoms with Crippen molar-refractivity contribution in [1.82, 2.24) is 5.01 Å². The van der Waals surface area contributed by atoms with Crippen molar-refractivity contribution in [1.29, 1.82) is 0 Å². The summed E-state index contributed by atoms with van der Waals surface area (Å²) in [5.41, 5.74) is 0.337. The minimum absolute atomic E-state index is 0. The molecule has 0 saturated heterocycles. The number of rotatable bonds is 5. The molecule has 0 saturated carbocycles. The topological polar surface area (TPSA) is 172 Å². The molecule has 1 aromatic rings.